The van der Waals surface area contributed by atoms with E-state index < -0.39 is 11.9 Å². The molecule has 1 heterocycles. The Balaban J connectivity index is 1.91. The van der Waals surface area contributed by atoms with Crippen LogP contribution in [0.25, 0.3) is 0 Å². The van der Waals surface area contributed by atoms with Gasteiger partial charge in [0.15, 0.2) is 5.69 Å². The molecule has 0 atom stereocenters. The topological polar surface area (TPSA) is 77.5 Å². The molecule has 1 aromatic heterocycles. The second kappa shape index (κ2) is 18.6. The van der Waals surface area contributed by atoms with Crippen molar-refractivity contribution in [1.29, 1.82) is 0 Å². The number of hydrogen-bond donors (Lipinski definition) is 1. The first-order valence-corrected chi connectivity index (χ1v) is 12.1. The van der Waals surface area contributed by atoms with Crippen molar-refractivity contribution in [3.05, 3.63) is 24.0 Å². The number of amides is 1. The summed E-state index contributed by atoms with van der Waals surface area (Å²) in [6.45, 7) is 2.49. The zero-order valence-corrected chi connectivity index (χ0v) is 19.6. The number of ether oxygens (including phenoxy) is 2. The average Bonchev–Trinajstić information content (AvgIpc) is 2.79. The van der Waals surface area contributed by atoms with E-state index in [1.807, 2.05) is 0 Å². The normalized spacial score (nSPS) is 10.6. The lowest BCUT2D eigenvalue weighted by atomic mass is 10.0. The lowest BCUT2D eigenvalue weighted by Gasteiger charge is -2.08. The summed E-state index contributed by atoms with van der Waals surface area (Å²) in [4.78, 5) is 27.8. The Bertz CT molecular complexity index is 607. The molecule has 0 fully saturated rings. The lowest BCUT2D eigenvalue weighted by Crippen LogP contribution is -2.31. The van der Waals surface area contributed by atoms with E-state index in [4.69, 9.17) is 9.47 Å². The van der Waals surface area contributed by atoms with Gasteiger partial charge in [0.25, 0.3) is 5.91 Å². The smallest absolute Gasteiger partial charge is 0.325 e. The van der Waals surface area contributed by atoms with Gasteiger partial charge in [0.05, 0.1) is 13.7 Å². The van der Waals surface area contributed by atoms with E-state index in [2.05, 4.69) is 17.2 Å². The van der Waals surface area contributed by atoms with Crippen molar-refractivity contribution >= 4 is 11.9 Å². The van der Waals surface area contributed by atoms with Gasteiger partial charge >= 0.3 is 5.97 Å². The van der Waals surface area contributed by atoms with Crippen LogP contribution in [0.3, 0.4) is 0 Å². The number of methoxy groups -OCH3 is 1. The number of nitrogens with zero attached hydrogens (tertiary/aromatic N) is 1. The molecule has 6 nitrogen and oxygen atoms in total. The largest absolute Gasteiger partial charge is 0.494 e. The first-order valence-electron chi connectivity index (χ1n) is 12.1. The minimum absolute atomic E-state index is 0.157. The molecule has 0 aliphatic heterocycles. The SMILES string of the molecule is CCCCCCCCCCCCCCCCOC(=O)CNC(=O)c1ncccc1OC. The van der Waals surface area contributed by atoms with Crippen molar-refractivity contribution in [2.24, 2.45) is 0 Å². The predicted octanol–water partition coefficient (Wildman–Crippen LogP) is 5.84. The molecular weight excluding hydrogens is 392 g/mol. The van der Waals surface area contributed by atoms with Crippen LogP contribution in [-0.2, 0) is 9.53 Å². The van der Waals surface area contributed by atoms with Gasteiger partial charge in [-0.2, -0.15) is 0 Å². The Morgan fingerprint density at radius 2 is 1.42 bits per heavy atom. The van der Waals surface area contributed by atoms with Crippen LogP contribution >= 0.6 is 0 Å². The maximum Gasteiger partial charge on any atom is 0.325 e. The lowest BCUT2D eigenvalue weighted by molar-refractivity contribution is -0.142. The second-order valence-corrected chi connectivity index (χ2v) is 8.05. The molecule has 176 valence electrons. The van der Waals surface area contributed by atoms with E-state index in [1.165, 1.54) is 90.4 Å². The number of unbranched alkanes of at least 4 members (excludes halogenated alkanes) is 13. The van der Waals surface area contributed by atoms with E-state index in [0.717, 1.165) is 12.8 Å². The van der Waals surface area contributed by atoms with Gasteiger partial charge in [0.1, 0.15) is 12.3 Å². The van der Waals surface area contributed by atoms with Gasteiger partial charge in [-0.05, 0) is 18.6 Å². The van der Waals surface area contributed by atoms with Gasteiger partial charge in [-0.15, -0.1) is 0 Å². The quantitative estimate of drug-likeness (QED) is 0.218. The number of pyridine rings is 1. The monoisotopic (exact) mass is 434 g/mol. The number of esters is 1. The molecule has 0 spiro atoms. The summed E-state index contributed by atoms with van der Waals surface area (Å²) in [5.41, 5.74) is 0.157. The minimum Gasteiger partial charge on any atom is -0.494 e. The first-order chi connectivity index (χ1) is 15.2. The van der Waals surface area contributed by atoms with Crippen LogP contribution in [-0.4, -0.2) is 37.1 Å². The number of carbonyl (C=O) groups is 2. The molecule has 0 bridgehead atoms. The summed E-state index contributed by atoms with van der Waals surface area (Å²) in [7, 11) is 1.47. The molecule has 6 heteroatoms. The van der Waals surface area contributed by atoms with Crippen LogP contribution in [0.1, 0.15) is 107 Å². The summed E-state index contributed by atoms with van der Waals surface area (Å²) in [6, 6.07) is 3.33. The molecular formula is C25H42N2O4. The second-order valence-electron chi connectivity index (χ2n) is 8.05. The van der Waals surface area contributed by atoms with Crippen molar-refractivity contribution < 1.29 is 19.1 Å². The fourth-order valence-corrected chi connectivity index (χ4v) is 3.50. The maximum atomic E-state index is 12.1. The highest BCUT2D eigenvalue weighted by Gasteiger charge is 2.14. The number of nitrogens with one attached hydrogen (secondary N) is 1. The molecule has 0 aliphatic carbocycles. The van der Waals surface area contributed by atoms with Crippen LogP contribution in [0.15, 0.2) is 18.3 Å². The standard InChI is InChI=1S/C25H42N2O4/c1-3-4-5-6-7-8-9-10-11-12-13-14-15-16-20-31-23(28)21-27-25(29)24-22(30-2)18-17-19-26-24/h17-19H,3-16,20-21H2,1-2H3,(H,27,29). The molecule has 0 unspecified atom stereocenters. The van der Waals surface area contributed by atoms with Gasteiger partial charge < -0.3 is 14.8 Å². The predicted molar refractivity (Wildman–Crippen MR) is 124 cm³/mol. The maximum absolute atomic E-state index is 12.1. The molecule has 0 aromatic carbocycles. The highest BCUT2D eigenvalue weighted by Crippen LogP contribution is 2.14. The third kappa shape index (κ3) is 13.7. The molecule has 1 amide bonds. The van der Waals surface area contributed by atoms with Crippen LogP contribution in [0.5, 0.6) is 5.75 Å². The molecule has 0 saturated heterocycles. The Hall–Kier alpha value is -2.11. The minimum atomic E-state index is -0.453. The fourth-order valence-electron chi connectivity index (χ4n) is 3.50. The van der Waals surface area contributed by atoms with Crippen LogP contribution in [0.4, 0.5) is 0 Å². The Kier molecular flexibility index (Phi) is 16.2. The third-order valence-electron chi connectivity index (χ3n) is 5.36. The molecule has 31 heavy (non-hydrogen) atoms. The Labute approximate surface area is 188 Å². The molecule has 0 aliphatic rings. The Morgan fingerprint density at radius 3 is 1.97 bits per heavy atom. The van der Waals surface area contributed by atoms with E-state index in [1.54, 1.807) is 12.1 Å². The fraction of sp³-hybridized carbons (Fsp3) is 0.720. The van der Waals surface area contributed by atoms with Crippen LogP contribution < -0.4 is 10.1 Å². The van der Waals surface area contributed by atoms with Crippen LogP contribution in [0, 0.1) is 0 Å². The highest BCUT2D eigenvalue weighted by atomic mass is 16.5. The average molecular weight is 435 g/mol. The number of hydrogen-bond acceptors (Lipinski definition) is 5. The third-order valence-corrected chi connectivity index (χ3v) is 5.36. The van der Waals surface area contributed by atoms with E-state index in [9.17, 15) is 9.59 Å². The number of carbonyl (C=O) groups excluding carboxylic acids is 2. The zero-order valence-electron chi connectivity index (χ0n) is 19.6. The van der Waals surface area contributed by atoms with Gasteiger partial charge in [-0.1, -0.05) is 90.4 Å². The van der Waals surface area contributed by atoms with Gasteiger partial charge in [-0.3, -0.25) is 9.59 Å². The zero-order chi connectivity index (χ0) is 22.6. The van der Waals surface area contributed by atoms with Gasteiger partial charge in [0.2, 0.25) is 0 Å². The molecule has 0 saturated carbocycles. The summed E-state index contributed by atoms with van der Waals surface area (Å²) in [5.74, 6) is -0.514. The van der Waals surface area contributed by atoms with Gasteiger partial charge in [-0.25, -0.2) is 4.98 Å². The molecule has 1 aromatic rings. The van der Waals surface area contributed by atoms with Gasteiger partial charge in [0, 0.05) is 6.20 Å². The van der Waals surface area contributed by atoms with Crippen LogP contribution in [0.2, 0.25) is 0 Å². The highest BCUT2D eigenvalue weighted by molar-refractivity contribution is 5.96. The summed E-state index contributed by atoms with van der Waals surface area (Å²) < 4.78 is 10.3. The molecule has 0 radical (unpaired) electrons. The summed E-state index contributed by atoms with van der Waals surface area (Å²) in [6.07, 6.45) is 19.6. The van der Waals surface area contributed by atoms with Crippen molar-refractivity contribution in [2.75, 3.05) is 20.3 Å². The van der Waals surface area contributed by atoms with Crippen molar-refractivity contribution in [2.45, 2.75) is 96.8 Å². The van der Waals surface area contributed by atoms with E-state index in [0.29, 0.717) is 12.4 Å². The number of rotatable bonds is 19. The molecule has 1 N–H and O–H groups in total. The van der Waals surface area contributed by atoms with Crippen molar-refractivity contribution in [1.82, 2.24) is 10.3 Å². The van der Waals surface area contributed by atoms with Crippen molar-refractivity contribution in [3.63, 3.8) is 0 Å². The van der Waals surface area contributed by atoms with E-state index in [-0.39, 0.29) is 12.2 Å². The summed E-state index contributed by atoms with van der Waals surface area (Å²) in [5, 5.41) is 2.52. The number of aromatic nitrogens is 1. The summed E-state index contributed by atoms with van der Waals surface area (Å²) >= 11 is 0. The van der Waals surface area contributed by atoms with E-state index >= 15 is 0 Å². The first kappa shape index (κ1) is 26.9. The Morgan fingerprint density at radius 1 is 0.871 bits per heavy atom. The van der Waals surface area contributed by atoms with Crippen molar-refractivity contribution in [3.8, 4) is 5.75 Å². The molecule has 1 rings (SSSR count).